The van der Waals surface area contributed by atoms with Gasteiger partial charge in [0, 0.05) is 24.6 Å². The summed E-state index contributed by atoms with van der Waals surface area (Å²) in [6.45, 7) is 1.59. The Balaban J connectivity index is 1.36. The molecule has 1 saturated heterocycles. The van der Waals surface area contributed by atoms with Gasteiger partial charge in [-0.25, -0.2) is 4.39 Å². The van der Waals surface area contributed by atoms with Crippen LogP contribution in [-0.4, -0.2) is 60.6 Å². The molecule has 0 radical (unpaired) electrons. The Morgan fingerprint density at radius 2 is 1.92 bits per heavy atom. The van der Waals surface area contributed by atoms with Crippen LogP contribution >= 0.6 is 11.3 Å². The van der Waals surface area contributed by atoms with E-state index in [4.69, 9.17) is 9.47 Å². The Hall–Kier alpha value is -3.23. The molecule has 6 nitrogen and oxygen atoms in total. The number of para-hydroxylation sites is 1. The third-order valence-corrected chi connectivity index (χ3v) is 7.73. The van der Waals surface area contributed by atoms with Crippen molar-refractivity contribution in [2.75, 3.05) is 32.8 Å². The molecule has 0 N–H and O–H groups in total. The van der Waals surface area contributed by atoms with Crippen molar-refractivity contribution in [2.24, 2.45) is 0 Å². The van der Waals surface area contributed by atoms with Crippen LogP contribution < -0.4 is 4.74 Å². The molecule has 0 spiro atoms. The first-order valence-electron chi connectivity index (χ1n) is 12.3. The minimum Gasteiger partial charge on any atom is -0.491 e. The molecule has 8 heteroatoms. The second-order valence-electron chi connectivity index (χ2n) is 9.08. The van der Waals surface area contributed by atoms with Gasteiger partial charge in [0.15, 0.2) is 0 Å². The van der Waals surface area contributed by atoms with Crippen LogP contribution in [0, 0.1) is 5.82 Å². The third kappa shape index (κ3) is 5.44. The molecular formula is C28H29FN2O4S. The first-order chi connectivity index (χ1) is 17.6. The van der Waals surface area contributed by atoms with E-state index >= 15 is 0 Å². The van der Waals surface area contributed by atoms with Crippen molar-refractivity contribution in [2.45, 2.75) is 31.4 Å². The van der Waals surface area contributed by atoms with Gasteiger partial charge in [-0.2, -0.15) is 0 Å². The third-order valence-electron chi connectivity index (χ3n) is 6.73. The molecule has 0 saturated carbocycles. The van der Waals surface area contributed by atoms with Gasteiger partial charge in [-0.15, -0.1) is 11.3 Å². The van der Waals surface area contributed by atoms with Crippen LogP contribution in [0.3, 0.4) is 0 Å². The number of amides is 2. The number of halogens is 1. The summed E-state index contributed by atoms with van der Waals surface area (Å²) in [5.41, 5.74) is 1.05. The Morgan fingerprint density at radius 3 is 2.69 bits per heavy atom. The van der Waals surface area contributed by atoms with Crippen LogP contribution in [0.15, 0.2) is 66.0 Å². The van der Waals surface area contributed by atoms with Gasteiger partial charge < -0.3 is 19.3 Å². The van der Waals surface area contributed by atoms with Crippen molar-refractivity contribution in [1.29, 1.82) is 0 Å². The predicted molar refractivity (Wildman–Crippen MR) is 136 cm³/mol. The average Bonchev–Trinajstić information content (AvgIpc) is 3.59. The highest BCUT2D eigenvalue weighted by Crippen LogP contribution is 2.34. The molecule has 3 heterocycles. The van der Waals surface area contributed by atoms with E-state index in [0.717, 1.165) is 30.6 Å². The zero-order valence-corrected chi connectivity index (χ0v) is 20.8. The van der Waals surface area contributed by atoms with Crippen LogP contribution in [0.25, 0.3) is 0 Å². The van der Waals surface area contributed by atoms with E-state index in [1.54, 1.807) is 28.4 Å². The zero-order valence-electron chi connectivity index (χ0n) is 20.0. The largest absolute Gasteiger partial charge is 0.491 e. The van der Waals surface area contributed by atoms with Crippen LogP contribution in [0.2, 0.25) is 0 Å². The lowest BCUT2D eigenvalue weighted by molar-refractivity contribution is -0.135. The minimum absolute atomic E-state index is 0.0361. The number of hydrogen-bond acceptors (Lipinski definition) is 5. The summed E-state index contributed by atoms with van der Waals surface area (Å²) in [6.07, 6.45) is 2.32. The number of thiophene rings is 1. The highest BCUT2D eigenvalue weighted by Gasteiger charge is 2.35. The van der Waals surface area contributed by atoms with Crippen molar-refractivity contribution < 1.29 is 23.5 Å². The maximum atomic E-state index is 14.5. The summed E-state index contributed by atoms with van der Waals surface area (Å²) in [7, 11) is 0. The number of nitrogens with zero attached hydrogens (tertiary/aromatic N) is 2. The summed E-state index contributed by atoms with van der Waals surface area (Å²) in [4.78, 5) is 31.5. The molecular weight excluding hydrogens is 479 g/mol. The van der Waals surface area contributed by atoms with Crippen molar-refractivity contribution in [3.05, 3.63) is 87.9 Å². The highest BCUT2D eigenvalue weighted by atomic mass is 32.1. The summed E-state index contributed by atoms with van der Waals surface area (Å²) in [6, 6.07) is 17.2. The summed E-state index contributed by atoms with van der Waals surface area (Å²) < 4.78 is 26.3. The van der Waals surface area contributed by atoms with Gasteiger partial charge in [0.25, 0.3) is 5.91 Å². The van der Waals surface area contributed by atoms with Crippen LogP contribution in [-0.2, 0) is 16.0 Å². The van der Waals surface area contributed by atoms with Gasteiger partial charge in [0.2, 0.25) is 5.91 Å². The highest BCUT2D eigenvalue weighted by molar-refractivity contribution is 7.10. The van der Waals surface area contributed by atoms with E-state index in [1.165, 1.54) is 21.9 Å². The number of rotatable bonds is 8. The molecule has 0 aliphatic carbocycles. The van der Waals surface area contributed by atoms with Crippen LogP contribution in [0.4, 0.5) is 4.39 Å². The number of fused-ring (bicyclic) bond motifs is 1. The van der Waals surface area contributed by atoms with Gasteiger partial charge in [0.05, 0.1) is 17.7 Å². The molecule has 5 rings (SSSR count). The number of carbonyl (C=O) groups is 2. The van der Waals surface area contributed by atoms with Gasteiger partial charge in [-0.3, -0.25) is 9.59 Å². The second-order valence-corrected chi connectivity index (χ2v) is 10.1. The van der Waals surface area contributed by atoms with Gasteiger partial charge in [-0.05, 0) is 60.5 Å². The quantitative estimate of drug-likeness (QED) is 0.442. The van der Waals surface area contributed by atoms with Crippen molar-refractivity contribution in [3.8, 4) is 5.75 Å². The fraction of sp³-hybridized carbons (Fsp3) is 0.357. The molecule has 36 heavy (non-hydrogen) atoms. The molecule has 3 aromatic rings. The van der Waals surface area contributed by atoms with Crippen molar-refractivity contribution in [1.82, 2.24) is 9.80 Å². The van der Waals surface area contributed by atoms with Gasteiger partial charge in [-0.1, -0.05) is 30.3 Å². The zero-order chi connectivity index (χ0) is 24.9. The summed E-state index contributed by atoms with van der Waals surface area (Å²) in [5.74, 6) is -0.539. The lowest BCUT2D eigenvalue weighted by Crippen LogP contribution is -2.49. The van der Waals surface area contributed by atoms with Gasteiger partial charge >= 0.3 is 0 Å². The molecule has 2 atom stereocenters. The van der Waals surface area contributed by atoms with Crippen LogP contribution in [0.5, 0.6) is 5.75 Å². The van der Waals surface area contributed by atoms with Crippen molar-refractivity contribution in [3.63, 3.8) is 0 Å². The fourth-order valence-corrected chi connectivity index (χ4v) is 5.81. The molecule has 188 valence electrons. The van der Waals surface area contributed by atoms with E-state index in [-0.39, 0.29) is 36.7 Å². The molecule has 1 fully saturated rings. The van der Waals surface area contributed by atoms with E-state index in [1.807, 2.05) is 41.8 Å². The number of hydrogen-bond donors (Lipinski definition) is 0. The summed E-state index contributed by atoms with van der Waals surface area (Å²) in [5, 5.41) is 2.04. The van der Waals surface area contributed by atoms with Crippen molar-refractivity contribution >= 4 is 23.2 Å². The second kappa shape index (κ2) is 11.2. The topological polar surface area (TPSA) is 59.1 Å². The monoisotopic (exact) mass is 508 g/mol. The molecule has 2 unspecified atom stereocenters. The minimum atomic E-state index is -0.595. The van der Waals surface area contributed by atoms with E-state index in [0.29, 0.717) is 19.8 Å². The maximum absolute atomic E-state index is 14.5. The average molecular weight is 509 g/mol. The van der Waals surface area contributed by atoms with E-state index in [2.05, 4.69) is 0 Å². The number of benzene rings is 2. The molecule has 0 bridgehead atoms. The van der Waals surface area contributed by atoms with Gasteiger partial charge in [0.1, 0.15) is 24.7 Å². The molecule has 2 aliphatic rings. The first-order valence-corrected chi connectivity index (χ1v) is 13.2. The maximum Gasteiger partial charge on any atom is 0.257 e. The normalized spacial score (nSPS) is 19.1. The molecule has 2 aliphatic heterocycles. The lowest BCUT2D eigenvalue weighted by Gasteiger charge is -2.37. The van der Waals surface area contributed by atoms with Crippen LogP contribution in [0.1, 0.15) is 39.7 Å². The Bertz CT molecular complexity index is 1200. The van der Waals surface area contributed by atoms with E-state index in [9.17, 15) is 14.0 Å². The Kier molecular flexibility index (Phi) is 7.63. The SMILES string of the molecule is O=C(c1ccccc1F)N(CC(=O)N1CCc2sccc2C1COc1ccccc1)CC1CCCO1. The number of carbonyl (C=O) groups excluding carboxylic acids is 2. The molecule has 2 amide bonds. The molecule has 1 aromatic heterocycles. The van der Waals surface area contributed by atoms with E-state index < -0.39 is 11.7 Å². The fourth-order valence-electron chi connectivity index (χ4n) is 4.88. The first kappa shape index (κ1) is 24.5. The Morgan fingerprint density at radius 1 is 1.11 bits per heavy atom. The Labute approximate surface area is 214 Å². The number of ether oxygens (including phenoxy) is 2. The predicted octanol–water partition coefficient (Wildman–Crippen LogP) is 4.71. The summed E-state index contributed by atoms with van der Waals surface area (Å²) >= 11 is 1.69. The lowest BCUT2D eigenvalue weighted by atomic mass is 10.00. The molecule has 2 aromatic carbocycles. The smallest absolute Gasteiger partial charge is 0.257 e. The standard InChI is InChI=1S/C28H29FN2O4S/c29-24-11-5-4-10-22(24)28(33)30(17-21-9-6-15-34-21)18-27(32)31-14-12-26-23(13-16-36-26)25(31)19-35-20-7-2-1-3-8-20/h1-5,7-8,10-11,13,16,21,25H,6,9,12,14-15,17-19H2.